The maximum absolute atomic E-state index is 5.45. The molecule has 1 aromatic heterocycles. The molecule has 6 nitrogen and oxygen atoms in total. The largest absolute Gasteiger partial charge is 0.497 e. The minimum atomic E-state index is 0.582. The van der Waals surface area contributed by atoms with Gasteiger partial charge in [0.1, 0.15) is 5.75 Å². The first kappa shape index (κ1) is 15.7. The van der Waals surface area contributed by atoms with Gasteiger partial charge in [0.2, 0.25) is 5.95 Å². The first-order chi connectivity index (χ1) is 12.3. The summed E-state index contributed by atoms with van der Waals surface area (Å²) < 4.78 is 10.7. The molecule has 2 heterocycles. The van der Waals surface area contributed by atoms with Gasteiger partial charge in [-0.15, -0.1) is 0 Å². The number of hydrogen-bond donors (Lipinski definition) is 1. The molecule has 0 amide bonds. The predicted octanol–water partition coefficient (Wildman–Crippen LogP) is 3.22. The zero-order valence-electron chi connectivity index (χ0n) is 14.1. The van der Waals surface area contributed by atoms with Gasteiger partial charge in [0.05, 0.1) is 37.2 Å². The van der Waals surface area contributed by atoms with Crippen molar-refractivity contribution in [1.29, 1.82) is 0 Å². The van der Waals surface area contributed by atoms with Gasteiger partial charge in [-0.3, -0.25) is 0 Å². The highest BCUT2D eigenvalue weighted by Crippen LogP contribution is 2.29. The van der Waals surface area contributed by atoms with Crippen LogP contribution < -0.4 is 15.0 Å². The molecule has 0 bridgehead atoms. The van der Waals surface area contributed by atoms with Crippen molar-refractivity contribution in [3.05, 3.63) is 48.7 Å². The maximum atomic E-state index is 5.45. The fraction of sp³-hybridized carbons (Fsp3) is 0.263. The summed E-state index contributed by atoms with van der Waals surface area (Å²) in [5.74, 6) is 1.38. The molecule has 0 atom stereocenters. The predicted molar refractivity (Wildman–Crippen MR) is 98.8 cm³/mol. The molecule has 6 heteroatoms. The molecule has 0 spiro atoms. The molecule has 4 rings (SSSR count). The van der Waals surface area contributed by atoms with Crippen LogP contribution >= 0.6 is 0 Å². The summed E-state index contributed by atoms with van der Waals surface area (Å²) in [6, 6.07) is 14.0. The fourth-order valence-electron chi connectivity index (χ4n) is 2.98. The highest BCUT2D eigenvalue weighted by Gasteiger charge is 2.15. The van der Waals surface area contributed by atoms with Gasteiger partial charge in [-0.25, -0.2) is 9.97 Å². The number of hydrogen-bond acceptors (Lipinski definition) is 6. The van der Waals surface area contributed by atoms with E-state index in [1.165, 1.54) is 0 Å². The standard InChI is InChI=1S/C19H20N4O2/c1-24-15-6-7-16-14(12-15)13-20-19(21-16)22-17-4-2-3-5-18(17)23-8-10-25-11-9-23/h2-7,12-13H,8-11H2,1H3,(H,20,21,22). The Bertz CT molecular complexity index is 878. The summed E-state index contributed by atoms with van der Waals surface area (Å²) in [7, 11) is 1.65. The third-order valence-electron chi connectivity index (χ3n) is 4.29. The quantitative estimate of drug-likeness (QED) is 0.789. The van der Waals surface area contributed by atoms with Crippen LogP contribution in [0.3, 0.4) is 0 Å². The molecule has 0 unspecified atom stereocenters. The van der Waals surface area contributed by atoms with E-state index < -0.39 is 0 Å². The van der Waals surface area contributed by atoms with Crippen LogP contribution in [0.2, 0.25) is 0 Å². The summed E-state index contributed by atoms with van der Waals surface area (Å²) in [6.07, 6.45) is 1.81. The van der Waals surface area contributed by atoms with E-state index in [-0.39, 0.29) is 0 Å². The average Bonchev–Trinajstić information content (AvgIpc) is 2.68. The van der Waals surface area contributed by atoms with Crippen LogP contribution in [0.4, 0.5) is 17.3 Å². The molecule has 1 aliphatic heterocycles. The second kappa shape index (κ2) is 6.94. The minimum Gasteiger partial charge on any atom is -0.497 e. The van der Waals surface area contributed by atoms with Crippen molar-refractivity contribution in [2.75, 3.05) is 43.6 Å². The molecule has 2 aromatic carbocycles. The van der Waals surface area contributed by atoms with Crippen molar-refractivity contribution in [3.8, 4) is 5.75 Å². The fourth-order valence-corrected chi connectivity index (χ4v) is 2.98. The van der Waals surface area contributed by atoms with Gasteiger partial charge >= 0.3 is 0 Å². The Labute approximate surface area is 146 Å². The molecule has 128 valence electrons. The van der Waals surface area contributed by atoms with Crippen LogP contribution in [0.1, 0.15) is 0 Å². The van der Waals surface area contributed by atoms with Crippen molar-refractivity contribution >= 4 is 28.2 Å². The molecule has 0 saturated carbocycles. The Morgan fingerprint density at radius 1 is 1.12 bits per heavy atom. The number of fused-ring (bicyclic) bond motifs is 1. The number of nitrogens with one attached hydrogen (secondary N) is 1. The topological polar surface area (TPSA) is 59.5 Å². The van der Waals surface area contributed by atoms with E-state index in [9.17, 15) is 0 Å². The molecule has 1 saturated heterocycles. The second-order valence-corrected chi connectivity index (χ2v) is 5.86. The summed E-state index contributed by atoms with van der Waals surface area (Å²) in [4.78, 5) is 11.4. The Morgan fingerprint density at radius 2 is 1.96 bits per heavy atom. The summed E-state index contributed by atoms with van der Waals surface area (Å²) in [5.41, 5.74) is 3.02. The number of para-hydroxylation sites is 2. The van der Waals surface area contributed by atoms with E-state index in [2.05, 4.69) is 26.3 Å². The van der Waals surface area contributed by atoms with Gasteiger partial charge in [-0.2, -0.15) is 0 Å². The Morgan fingerprint density at radius 3 is 2.80 bits per heavy atom. The molecule has 0 radical (unpaired) electrons. The average molecular weight is 336 g/mol. The molecular formula is C19H20N4O2. The van der Waals surface area contributed by atoms with Gasteiger partial charge in [-0.05, 0) is 30.3 Å². The third kappa shape index (κ3) is 3.34. The van der Waals surface area contributed by atoms with Gasteiger partial charge in [-0.1, -0.05) is 12.1 Å². The Kier molecular flexibility index (Phi) is 4.35. The summed E-state index contributed by atoms with van der Waals surface area (Å²) in [6.45, 7) is 3.28. The van der Waals surface area contributed by atoms with E-state index in [1.807, 2.05) is 42.6 Å². The molecule has 25 heavy (non-hydrogen) atoms. The lowest BCUT2D eigenvalue weighted by atomic mass is 10.2. The van der Waals surface area contributed by atoms with Crippen molar-refractivity contribution in [1.82, 2.24) is 9.97 Å². The number of ether oxygens (including phenoxy) is 2. The van der Waals surface area contributed by atoms with E-state index in [0.717, 1.165) is 54.3 Å². The minimum absolute atomic E-state index is 0.582. The van der Waals surface area contributed by atoms with Crippen molar-refractivity contribution in [2.24, 2.45) is 0 Å². The van der Waals surface area contributed by atoms with Gasteiger partial charge in [0.15, 0.2) is 0 Å². The van der Waals surface area contributed by atoms with Gasteiger partial charge < -0.3 is 19.7 Å². The number of aromatic nitrogens is 2. The number of morpholine rings is 1. The van der Waals surface area contributed by atoms with Crippen molar-refractivity contribution < 1.29 is 9.47 Å². The van der Waals surface area contributed by atoms with Crippen molar-refractivity contribution in [3.63, 3.8) is 0 Å². The van der Waals surface area contributed by atoms with Crippen molar-refractivity contribution in [2.45, 2.75) is 0 Å². The SMILES string of the molecule is COc1ccc2nc(Nc3ccccc3N3CCOCC3)ncc2c1. The smallest absolute Gasteiger partial charge is 0.227 e. The maximum Gasteiger partial charge on any atom is 0.227 e. The Balaban J connectivity index is 1.62. The van der Waals surface area contributed by atoms with E-state index in [0.29, 0.717) is 5.95 Å². The molecule has 1 aliphatic rings. The van der Waals surface area contributed by atoms with Crippen LogP contribution in [0, 0.1) is 0 Å². The number of methoxy groups -OCH3 is 1. The molecule has 3 aromatic rings. The summed E-state index contributed by atoms with van der Waals surface area (Å²) >= 11 is 0. The Hall–Kier alpha value is -2.86. The highest BCUT2D eigenvalue weighted by molar-refractivity contribution is 5.81. The lowest BCUT2D eigenvalue weighted by Gasteiger charge is -2.30. The zero-order valence-corrected chi connectivity index (χ0v) is 14.1. The van der Waals surface area contributed by atoms with Gasteiger partial charge in [0.25, 0.3) is 0 Å². The van der Waals surface area contributed by atoms with E-state index in [4.69, 9.17) is 9.47 Å². The second-order valence-electron chi connectivity index (χ2n) is 5.86. The lowest BCUT2D eigenvalue weighted by Crippen LogP contribution is -2.36. The van der Waals surface area contributed by atoms with Crippen LogP contribution in [-0.2, 0) is 4.74 Å². The molecule has 0 aliphatic carbocycles. The van der Waals surface area contributed by atoms with Crippen LogP contribution in [0.25, 0.3) is 10.9 Å². The third-order valence-corrected chi connectivity index (χ3v) is 4.29. The molecule has 1 N–H and O–H groups in total. The first-order valence-corrected chi connectivity index (χ1v) is 8.33. The molecular weight excluding hydrogens is 316 g/mol. The van der Waals surface area contributed by atoms with Crippen LogP contribution in [0.5, 0.6) is 5.75 Å². The normalized spacial score (nSPS) is 14.5. The number of rotatable bonds is 4. The molecule has 1 fully saturated rings. The number of nitrogens with zero attached hydrogens (tertiary/aromatic N) is 3. The van der Waals surface area contributed by atoms with Gasteiger partial charge in [0, 0.05) is 24.7 Å². The van der Waals surface area contributed by atoms with Crippen LogP contribution in [0.15, 0.2) is 48.7 Å². The number of benzene rings is 2. The van der Waals surface area contributed by atoms with E-state index in [1.54, 1.807) is 7.11 Å². The van der Waals surface area contributed by atoms with E-state index >= 15 is 0 Å². The first-order valence-electron chi connectivity index (χ1n) is 8.33. The summed E-state index contributed by atoms with van der Waals surface area (Å²) in [5, 5.41) is 4.30. The van der Waals surface area contributed by atoms with Crippen LogP contribution in [-0.4, -0.2) is 43.4 Å². The lowest BCUT2D eigenvalue weighted by molar-refractivity contribution is 0.123. The number of anilines is 3. The highest BCUT2D eigenvalue weighted by atomic mass is 16.5. The zero-order chi connectivity index (χ0) is 17.1. The monoisotopic (exact) mass is 336 g/mol.